The highest BCUT2D eigenvalue weighted by atomic mass is 31.2. The van der Waals surface area contributed by atoms with Crippen LogP contribution in [0.2, 0.25) is 0 Å². The van der Waals surface area contributed by atoms with Gasteiger partial charge in [0.05, 0.1) is 26.4 Å². The van der Waals surface area contributed by atoms with Gasteiger partial charge in [0.1, 0.15) is 5.75 Å². The summed E-state index contributed by atoms with van der Waals surface area (Å²) in [6, 6.07) is 8.64. The van der Waals surface area contributed by atoms with E-state index < -0.39 is 13.9 Å². The molecule has 0 unspecified atom stereocenters. The molecule has 0 radical (unpaired) electrons. The summed E-state index contributed by atoms with van der Waals surface area (Å²) in [5.74, 6) is 0.656. The molecule has 20 heavy (non-hydrogen) atoms. The number of benzene rings is 1. The number of nitriles is 1. The monoisotopic (exact) mass is 299 g/mol. The first-order valence-electron chi connectivity index (χ1n) is 6.19. The number of ether oxygens (including phenoxy) is 1. The van der Waals surface area contributed by atoms with Gasteiger partial charge in [0, 0.05) is 0 Å². The SMILES string of the molecule is CCOP(=O)(OCC)O[C@@H](C#N)c1ccc(OC)cc1. The molecule has 1 rings (SSSR count). The van der Waals surface area contributed by atoms with Crippen molar-refractivity contribution >= 4 is 7.82 Å². The topological polar surface area (TPSA) is 77.8 Å². The van der Waals surface area contributed by atoms with Crippen LogP contribution in [0.5, 0.6) is 5.75 Å². The zero-order valence-electron chi connectivity index (χ0n) is 11.7. The molecule has 0 aliphatic carbocycles. The first kappa shape index (κ1) is 16.7. The number of nitrogens with zero attached hydrogens (tertiary/aromatic N) is 1. The van der Waals surface area contributed by atoms with E-state index in [1.807, 2.05) is 6.07 Å². The Morgan fingerprint density at radius 1 is 1.20 bits per heavy atom. The van der Waals surface area contributed by atoms with Crippen molar-refractivity contribution in [3.05, 3.63) is 29.8 Å². The Hall–Kier alpha value is -1.38. The van der Waals surface area contributed by atoms with Crippen LogP contribution >= 0.6 is 7.82 Å². The Labute approximate surface area is 118 Å². The van der Waals surface area contributed by atoms with Crippen LogP contribution in [0.25, 0.3) is 0 Å². The Kier molecular flexibility index (Phi) is 6.69. The van der Waals surface area contributed by atoms with Gasteiger partial charge in [0.2, 0.25) is 0 Å². The largest absolute Gasteiger partial charge is 0.497 e. The Bertz CT molecular complexity index is 486. The Balaban J connectivity index is 2.89. The number of methoxy groups -OCH3 is 1. The van der Waals surface area contributed by atoms with Gasteiger partial charge in [0.15, 0.2) is 6.10 Å². The van der Waals surface area contributed by atoms with Crippen LogP contribution in [0.4, 0.5) is 0 Å². The molecule has 1 aromatic rings. The van der Waals surface area contributed by atoms with E-state index in [0.717, 1.165) is 0 Å². The minimum absolute atomic E-state index is 0.165. The third-order valence-electron chi connectivity index (χ3n) is 2.34. The maximum Gasteiger partial charge on any atom is 0.476 e. The highest BCUT2D eigenvalue weighted by molar-refractivity contribution is 7.48. The Morgan fingerprint density at radius 3 is 2.15 bits per heavy atom. The molecule has 110 valence electrons. The molecule has 1 aromatic carbocycles. The summed E-state index contributed by atoms with van der Waals surface area (Å²) >= 11 is 0. The Morgan fingerprint density at radius 2 is 1.75 bits per heavy atom. The molecule has 0 aromatic heterocycles. The van der Waals surface area contributed by atoms with E-state index in [4.69, 9.17) is 23.6 Å². The second-order valence-electron chi connectivity index (χ2n) is 3.67. The third kappa shape index (κ3) is 4.62. The number of phosphoric ester groups is 1. The second kappa shape index (κ2) is 8.03. The lowest BCUT2D eigenvalue weighted by atomic mass is 10.1. The van der Waals surface area contributed by atoms with E-state index in [1.165, 1.54) is 0 Å². The van der Waals surface area contributed by atoms with Crippen molar-refractivity contribution < 1.29 is 22.9 Å². The number of hydrogen-bond acceptors (Lipinski definition) is 6. The maximum absolute atomic E-state index is 12.2. The van der Waals surface area contributed by atoms with Crippen molar-refractivity contribution in [2.75, 3.05) is 20.3 Å². The van der Waals surface area contributed by atoms with Gasteiger partial charge in [-0.2, -0.15) is 5.26 Å². The van der Waals surface area contributed by atoms with Gasteiger partial charge < -0.3 is 4.74 Å². The van der Waals surface area contributed by atoms with Crippen LogP contribution in [0.3, 0.4) is 0 Å². The van der Waals surface area contributed by atoms with Crippen molar-refractivity contribution in [3.8, 4) is 11.8 Å². The zero-order valence-corrected chi connectivity index (χ0v) is 12.6. The van der Waals surface area contributed by atoms with E-state index in [0.29, 0.717) is 11.3 Å². The summed E-state index contributed by atoms with van der Waals surface area (Å²) < 4.78 is 32.5. The maximum atomic E-state index is 12.2. The molecule has 0 saturated heterocycles. The van der Waals surface area contributed by atoms with Crippen molar-refractivity contribution in [2.45, 2.75) is 20.0 Å². The first-order valence-corrected chi connectivity index (χ1v) is 7.65. The smallest absolute Gasteiger partial charge is 0.476 e. The molecular formula is C13H18NO5P. The summed E-state index contributed by atoms with van der Waals surface area (Å²) in [6.45, 7) is 3.67. The predicted octanol–water partition coefficient (Wildman–Crippen LogP) is 3.46. The lowest BCUT2D eigenvalue weighted by molar-refractivity contribution is 0.103. The molecule has 7 heteroatoms. The zero-order chi connectivity index (χ0) is 15.0. The van der Waals surface area contributed by atoms with Crippen molar-refractivity contribution in [1.82, 2.24) is 0 Å². The van der Waals surface area contributed by atoms with Gasteiger partial charge in [-0.15, -0.1) is 0 Å². The fraction of sp³-hybridized carbons (Fsp3) is 0.462. The normalized spacial score (nSPS) is 12.7. The highest BCUT2D eigenvalue weighted by Crippen LogP contribution is 2.52. The molecule has 0 saturated carbocycles. The molecule has 0 bridgehead atoms. The molecule has 0 N–H and O–H groups in total. The molecule has 0 aliphatic rings. The molecule has 0 spiro atoms. The van der Waals surface area contributed by atoms with Crippen molar-refractivity contribution in [3.63, 3.8) is 0 Å². The second-order valence-corrected chi connectivity index (χ2v) is 5.29. The van der Waals surface area contributed by atoms with E-state index in [-0.39, 0.29) is 13.2 Å². The van der Waals surface area contributed by atoms with E-state index in [9.17, 15) is 4.57 Å². The lowest BCUT2D eigenvalue weighted by Crippen LogP contribution is -2.05. The van der Waals surface area contributed by atoms with Gasteiger partial charge in [-0.05, 0) is 31.5 Å². The average molecular weight is 299 g/mol. The molecule has 0 heterocycles. The minimum Gasteiger partial charge on any atom is -0.497 e. The summed E-state index contributed by atoms with van der Waals surface area (Å²) in [5.41, 5.74) is 0.549. The third-order valence-corrected chi connectivity index (χ3v) is 3.96. The summed E-state index contributed by atoms with van der Waals surface area (Å²) in [4.78, 5) is 0. The number of rotatable bonds is 8. The fourth-order valence-electron chi connectivity index (χ4n) is 1.48. The van der Waals surface area contributed by atoms with Gasteiger partial charge in [-0.25, -0.2) is 4.57 Å². The number of phosphoric acid groups is 1. The summed E-state index contributed by atoms with van der Waals surface area (Å²) in [5, 5.41) is 9.17. The molecular weight excluding hydrogens is 281 g/mol. The van der Waals surface area contributed by atoms with Crippen LogP contribution < -0.4 is 4.74 Å². The molecule has 0 fully saturated rings. The average Bonchev–Trinajstić information content (AvgIpc) is 2.45. The number of hydrogen-bond donors (Lipinski definition) is 0. The standard InChI is InChI=1S/C13H18NO5P/c1-4-17-20(15,18-5-2)19-13(10-14)11-6-8-12(16-3)9-7-11/h6-9,13H,4-5H2,1-3H3/t13-/m0/s1. The van der Waals surface area contributed by atoms with E-state index in [2.05, 4.69) is 0 Å². The quantitative estimate of drug-likeness (QED) is 0.684. The van der Waals surface area contributed by atoms with Gasteiger partial charge in [-0.1, -0.05) is 12.1 Å². The van der Waals surface area contributed by atoms with Gasteiger partial charge in [0.25, 0.3) is 0 Å². The molecule has 1 atom stereocenters. The summed E-state index contributed by atoms with van der Waals surface area (Å²) in [6.07, 6.45) is -1.04. The van der Waals surface area contributed by atoms with Crippen LogP contribution in [-0.2, 0) is 18.1 Å². The van der Waals surface area contributed by atoms with E-state index >= 15 is 0 Å². The van der Waals surface area contributed by atoms with Crippen molar-refractivity contribution in [2.24, 2.45) is 0 Å². The van der Waals surface area contributed by atoms with Crippen LogP contribution in [0, 0.1) is 11.3 Å². The highest BCUT2D eigenvalue weighted by Gasteiger charge is 2.30. The van der Waals surface area contributed by atoms with Crippen LogP contribution in [0.15, 0.2) is 24.3 Å². The van der Waals surface area contributed by atoms with Gasteiger partial charge in [-0.3, -0.25) is 13.6 Å². The van der Waals surface area contributed by atoms with Gasteiger partial charge >= 0.3 is 7.82 Å². The fourth-order valence-corrected chi connectivity index (χ4v) is 2.74. The van der Waals surface area contributed by atoms with Crippen LogP contribution in [0.1, 0.15) is 25.5 Å². The van der Waals surface area contributed by atoms with Crippen molar-refractivity contribution in [1.29, 1.82) is 5.26 Å². The molecule has 6 nitrogen and oxygen atoms in total. The first-order chi connectivity index (χ1) is 9.58. The lowest BCUT2D eigenvalue weighted by Gasteiger charge is -2.19. The minimum atomic E-state index is -3.73. The van der Waals surface area contributed by atoms with Crippen LogP contribution in [-0.4, -0.2) is 20.3 Å². The molecule has 0 amide bonds. The predicted molar refractivity (Wildman–Crippen MR) is 73.3 cm³/mol. The molecule has 0 aliphatic heterocycles. The van der Waals surface area contributed by atoms with E-state index in [1.54, 1.807) is 45.2 Å². The summed E-state index contributed by atoms with van der Waals surface area (Å²) in [7, 11) is -2.18.